The van der Waals surface area contributed by atoms with Crippen LogP contribution in [0.15, 0.2) is 48.5 Å². The second-order valence-electron chi connectivity index (χ2n) is 4.55. The molecule has 1 amide bonds. The van der Waals surface area contributed by atoms with Gasteiger partial charge in [-0.15, -0.1) is 11.8 Å². The Labute approximate surface area is 138 Å². The standard InChI is InChI=1S/C16H15Cl2NOS/c1-11(21-10-12-5-3-2-4-6-12)16(20)19-15-9-13(17)7-8-14(15)18/h2-9,11H,10H2,1H3,(H,19,20)/t11-/m0/s1. The van der Waals surface area contributed by atoms with Crippen LogP contribution in [-0.4, -0.2) is 11.2 Å². The molecule has 110 valence electrons. The van der Waals surface area contributed by atoms with Gasteiger partial charge < -0.3 is 5.32 Å². The van der Waals surface area contributed by atoms with Gasteiger partial charge >= 0.3 is 0 Å². The smallest absolute Gasteiger partial charge is 0.237 e. The van der Waals surface area contributed by atoms with Crippen molar-refractivity contribution in [3.8, 4) is 0 Å². The SMILES string of the molecule is C[C@H](SCc1ccccc1)C(=O)Nc1cc(Cl)ccc1Cl. The number of thioether (sulfide) groups is 1. The van der Waals surface area contributed by atoms with Gasteiger partial charge in [0, 0.05) is 10.8 Å². The summed E-state index contributed by atoms with van der Waals surface area (Å²) in [6.07, 6.45) is 0. The van der Waals surface area contributed by atoms with E-state index in [1.807, 2.05) is 37.3 Å². The van der Waals surface area contributed by atoms with Crippen LogP contribution < -0.4 is 5.32 Å². The minimum absolute atomic E-state index is 0.0832. The number of carbonyl (C=O) groups excluding carboxylic acids is 1. The van der Waals surface area contributed by atoms with Crippen molar-refractivity contribution in [2.45, 2.75) is 17.9 Å². The molecule has 0 bridgehead atoms. The van der Waals surface area contributed by atoms with Crippen molar-refractivity contribution in [1.82, 2.24) is 0 Å². The van der Waals surface area contributed by atoms with Gasteiger partial charge in [-0.1, -0.05) is 53.5 Å². The second kappa shape index (κ2) is 7.74. The summed E-state index contributed by atoms with van der Waals surface area (Å²) in [7, 11) is 0. The highest BCUT2D eigenvalue weighted by Crippen LogP contribution is 2.26. The number of hydrogen-bond acceptors (Lipinski definition) is 2. The van der Waals surface area contributed by atoms with E-state index in [9.17, 15) is 4.79 Å². The fourth-order valence-electron chi connectivity index (χ4n) is 1.70. The van der Waals surface area contributed by atoms with Crippen LogP contribution >= 0.6 is 35.0 Å². The lowest BCUT2D eigenvalue weighted by Gasteiger charge is -2.13. The minimum Gasteiger partial charge on any atom is -0.324 e. The lowest BCUT2D eigenvalue weighted by molar-refractivity contribution is -0.115. The van der Waals surface area contributed by atoms with E-state index < -0.39 is 0 Å². The van der Waals surface area contributed by atoms with Crippen LogP contribution in [0.2, 0.25) is 10.0 Å². The van der Waals surface area contributed by atoms with Crippen LogP contribution in [0.1, 0.15) is 12.5 Å². The van der Waals surface area contributed by atoms with Crippen LogP contribution in [0, 0.1) is 0 Å². The first-order chi connectivity index (χ1) is 10.1. The number of rotatable bonds is 5. The van der Waals surface area contributed by atoms with E-state index in [4.69, 9.17) is 23.2 Å². The molecule has 0 saturated carbocycles. The molecule has 0 heterocycles. The third-order valence-corrected chi connectivity index (χ3v) is 4.68. The van der Waals surface area contributed by atoms with Crippen molar-refractivity contribution in [2.24, 2.45) is 0 Å². The number of hydrogen-bond donors (Lipinski definition) is 1. The Morgan fingerprint density at radius 3 is 2.62 bits per heavy atom. The lowest BCUT2D eigenvalue weighted by Crippen LogP contribution is -2.22. The van der Waals surface area contributed by atoms with Crippen molar-refractivity contribution < 1.29 is 4.79 Å². The Kier molecular flexibility index (Phi) is 5.97. The summed E-state index contributed by atoms with van der Waals surface area (Å²) in [5, 5.41) is 3.65. The number of amides is 1. The average Bonchev–Trinajstić information content (AvgIpc) is 2.49. The zero-order chi connectivity index (χ0) is 15.2. The maximum atomic E-state index is 12.2. The topological polar surface area (TPSA) is 29.1 Å². The number of benzene rings is 2. The van der Waals surface area contributed by atoms with Gasteiger partial charge in [0.2, 0.25) is 5.91 Å². The molecular weight excluding hydrogens is 325 g/mol. The first-order valence-corrected chi connectivity index (χ1v) is 8.28. The Balaban J connectivity index is 1.92. The number of carbonyl (C=O) groups is 1. The van der Waals surface area contributed by atoms with Crippen LogP contribution in [0.4, 0.5) is 5.69 Å². The van der Waals surface area contributed by atoms with Gasteiger partial charge in [0.25, 0.3) is 0 Å². The first-order valence-electron chi connectivity index (χ1n) is 6.47. The molecule has 21 heavy (non-hydrogen) atoms. The molecular formula is C16H15Cl2NOS. The summed E-state index contributed by atoms with van der Waals surface area (Å²) >= 11 is 13.5. The third kappa shape index (κ3) is 4.95. The lowest BCUT2D eigenvalue weighted by atomic mass is 10.2. The van der Waals surface area contributed by atoms with Crippen LogP contribution in [-0.2, 0) is 10.5 Å². The van der Waals surface area contributed by atoms with Gasteiger partial charge in [-0.25, -0.2) is 0 Å². The highest BCUT2D eigenvalue weighted by molar-refractivity contribution is 7.99. The van der Waals surface area contributed by atoms with Gasteiger partial charge in [-0.05, 0) is 30.7 Å². The van der Waals surface area contributed by atoms with Gasteiger partial charge in [-0.2, -0.15) is 0 Å². The molecule has 2 rings (SSSR count). The predicted molar refractivity (Wildman–Crippen MR) is 92.3 cm³/mol. The highest BCUT2D eigenvalue weighted by atomic mass is 35.5. The number of anilines is 1. The molecule has 2 aromatic rings. The zero-order valence-corrected chi connectivity index (χ0v) is 13.8. The molecule has 2 nitrogen and oxygen atoms in total. The van der Waals surface area contributed by atoms with Gasteiger partial charge in [0.05, 0.1) is 16.0 Å². The van der Waals surface area contributed by atoms with Gasteiger partial charge in [-0.3, -0.25) is 4.79 Å². The molecule has 5 heteroatoms. The summed E-state index contributed by atoms with van der Waals surface area (Å²) < 4.78 is 0. The Bertz CT molecular complexity index is 619. The van der Waals surface area contributed by atoms with E-state index in [-0.39, 0.29) is 11.2 Å². The Morgan fingerprint density at radius 2 is 1.90 bits per heavy atom. The molecule has 1 atom stereocenters. The maximum absolute atomic E-state index is 12.2. The molecule has 0 aliphatic heterocycles. The zero-order valence-electron chi connectivity index (χ0n) is 11.5. The van der Waals surface area contributed by atoms with Crippen LogP contribution in [0.3, 0.4) is 0 Å². The summed E-state index contributed by atoms with van der Waals surface area (Å²) in [5.74, 6) is 0.707. The molecule has 0 aliphatic rings. The van der Waals surface area contributed by atoms with E-state index in [0.29, 0.717) is 15.7 Å². The van der Waals surface area contributed by atoms with Crippen molar-refractivity contribution in [3.63, 3.8) is 0 Å². The summed E-state index contributed by atoms with van der Waals surface area (Å²) in [4.78, 5) is 12.2. The fourth-order valence-corrected chi connectivity index (χ4v) is 2.88. The Hall–Kier alpha value is -1.16. The Morgan fingerprint density at radius 1 is 1.19 bits per heavy atom. The molecule has 0 aromatic heterocycles. The van der Waals surface area contributed by atoms with Crippen molar-refractivity contribution in [3.05, 3.63) is 64.1 Å². The molecule has 0 unspecified atom stereocenters. The van der Waals surface area contributed by atoms with Crippen molar-refractivity contribution in [1.29, 1.82) is 0 Å². The third-order valence-electron chi connectivity index (χ3n) is 2.90. The van der Waals surface area contributed by atoms with E-state index in [1.54, 1.807) is 30.0 Å². The molecule has 0 saturated heterocycles. The monoisotopic (exact) mass is 339 g/mol. The largest absolute Gasteiger partial charge is 0.324 e. The molecule has 0 fully saturated rings. The predicted octanol–water partition coefficient (Wildman–Crippen LogP) is 5.25. The summed E-state index contributed by atoms with van der Waals surface area (Å²) in [5.41, 5.74) is 1.74. The molecule has 0 radical (unpaired) electrons. The van der Waals surface area contributed by atoms with Crippen LogP contribution in [0.5, 0.6) is 0 Å². The van der Waals surface area contributed by atoms with Crippen molar-refractivity contribution in [2.75, 3.05) is 5.32 Å². The van der Waals surface area contributed by atoms with Crippen molar-refractivity contribution >= 4 is 46.6 Å². The van der Waals surface area contributed by atoms with Crippen LogP contribution in [0.25, 0.3) is 0 Å². The fraction of sp³-hybridized carbons (Fsp3) is 0.188. The molecule has 2 aromatic carbocycles. The summed E-state index contributed by atoms with van der Waals surface area (Å²) in [6.45, 7) is 1.88. The average molecular weight is 340 g/mol. The van der Waals surface area contributed by atoms with E-state index in [1.165, 1.54) is 5.56 Å². The minimum atomic E-state index is -0.180. The maximum Gasteiger partial charge on any atom is 0.237 e. The van der Waals surface area contributed by atoms with E-state index >= 15 is 0 Å². The number of halogens is 2. The highest BCUT2D eigenvalue weighted by Gasteiger charge is 2.15. The summed E-state index contributed by atoms with van der Waals surface area (Å²) in [6, 6.07) is 15.1. The molecule has 0 aliphatic carbocycles. The quantitative estimate of drug-likeness (QED) is 0.805. The molecule has 0 spiro atoms. The van der Waals surface area contributed by atoms with Gasteiger partial charge in [0.1, 0.15) is 0 Å². The first kappa shape index (κ1) is 16.2. The van der Waals surface area contributed by atoms with E-state index in [2.05, 4.69) is 5.32 Å². The number of nitrogens with one attached hydrogen (secondary N) is 1. The van der Waals surface area contributed by atoms with E-state index in [0.717, 1.165) is 5.75 Å². The molecule has 1 N–H and O–H groups in total. The normalized spacial score (nSPS) is 12.0. The van der Waals surface area contributed by atoms with Gasteiger partial charge in [0.15, 0.2) is 0 Å². The second-order valence-corrected chi connectivity index (χ2v) is 6.73.